The molecule has 1 aliphatic rings. The lowest BCUT2D eigenvalue weighted by atomic mass is 9.77. The van der Waals surface area contributed by atoms with E-state index in [4.69, 9.17) is 18.8 Å². The number of hydrogen-bond acceptors (Lipinski definition) is 5. The number of hydrogen-bond donors (Lipinski definition) is 0. The van der Waals surface area contributed by atoms with Crippen LogP contribution in [0.2, 0.25) is 0 Å². The highest BCUT2D eigenvalue weighted by Gasteiger charge is 2.51. The van der Waals surface area contributed by atoms with Crippen LogP contribution in [0.4, 0.5) is 0 Å². The van der Waals surface area contributed by atoms with Gasteiger partial charge in [-0.05, 0) is 71.5 Å². The summed E-state index contributed by atoms with van der Waals surface area (Å²) < 4.78 is 23.1. The Kier molecular flexibility index (Phi) is 6.40. The summed E-state index contributed by atoms with van der Waals surface area (Å²) in [7, 11) is -0.379. The van der Waals surface area contributed by atoms with Crippen LogP contribution in [0.25, 0.3) is 0 Å². The first-order valence-corrected chi connectivity index (χ1v) is 9.32. The Morgan fingerprint density at radius 2 is 1.62 bits per heavy atom. The van der Waals surface area contributed by atoms with Crippen LogP contribution in [0.5, 0.6) is 5.75 Å². The molecule has 6 heteroatoms. The first-order chi connectivity index (χ1) is 12.1. The topological polar surface area (TPSA) is 54.0 Å². The molecule has 2 rings (SSSR count). The minimum absolute atomic E-state index is 0.180. The predicted octanol–water partition coefficient (Wildman–Crippen LogP) is 3.32. The zero-order valence-corrected chi connectivity index (χ0v) is 17.1. The fourth-order valence-electron chi connectivity index (χ4n) is 2.95. The van der Waals surface area contributed by atoms with E-state index in [-0.39, 0.29) is 24.3 Å². The number of esters is 1. The Morgan fingerprint density at radius 3 is 2.12 bits per heavy atom. The second kappa shape index (κ2) is 8.01. The van der Waals surface area contributed by atoms with Crippen molar-refractivity contribution in [3.63, 3.8) is 0 Å². The number of aryl methyl sites for hydroxylation is 2. The van der Waals surface area contributed by atoms with E-state index in [1.165, 1.54) is 0 Å². The molecule has 0 unspecified atom stereocenters. The Balaban J connectivity index is 2.01. The summed E-state index contributed by atoms with van der Waals surface area (Å²) in [6, 6.07) is 4.10. The van der Waals surface area contributed by atoms with Crippen molar-refractivity contribution in [1.82, 2.24) is 0 Å². The van der Waals surface area contributed by atoms with Gasteiger partial charge in [-0.2, -0.15) is 0 Å². The number of carbonyl (C=O) groups excluding carboxylic acids is 1. The molecule has 1 fully saturated rings. The van der Waals surface area contributed by atoms with E-state index in [9.17, 15) is 4.79 Å². The molecular weight excluding hydrogens is 331 g/mol. The van der Waals surface area contributed by atoms with Crippen molar-refractivity contribution in [3.8, 4) is 5.75 Å². The van der Waals surface area contributed by atoms with Crippen molar-refractivity contribution in [2.24, 2.45) is 0 Å². The SMILES string of the molecule is CCOC(=O)CCCOc1c(C)cc(B2OC(C)(C)C(C)(C)O2)cc1C. The molecule has 0 radical (unpaired) electrons. The van der Waals surface area contributed by atoms with Crippen LogP contribution in [-0.4, -0.2) is 37.5 Å². The number of benzene rings is 1. The maximum Gasteiger partial charge on any atom is 0.494 e. The zero-order chi connectivity index (χ0) is 19.5. The largest absolute Gasteiger partial charge is 0.494 e. The third kappa shape index (κ3) is 4.60. The summed E-state index contributed by atoms with van der Waals surface area (Å²) in [5.74, 6) is 0.676. The van der Waals surface area contributed by atoms with Crippen LogP contribution in [-0.2, 0) is 18.8 Å². The molecule has 0 aliphatic carbocycles. The molecule has 0 amide bonds. The van der Waals surface area contributed by atoms with Gasteiger partial charge in [0.2, 0.25) is 0 Å². The van der Waals surface area contributed by atoms with E-state index in [0.717, 1.165) is 22.3 Å². The van der Waals surface area contributed by atoms with Gasteiger partial charge >= 0.3 is 13.1 Å². The molecule has 1 aromatic rings. The average Bonchev–Trinajstić information content (AvgIpc) is 2.74. The van der Waals surface area contributed by atoms with E-state index in [2.05, 4.69) is 12.1 Å². The first-order valence-electron chi connectivity index (χ1n) is 9.32. The molecule has 1 heterocycles. The van der Waals surface area contributed by atoms with Gasteiger partial charge in [-0.3, -0.25) is 4.79 Å². The van der Waals surface area contributed by atoms with Crippen LogP contribution in [0, 0.1) is 13.8 Å². The molecule has 26 heavy (non-hydrogen) atoms. The summed E-state index contributed by atoms with van der Waals surface area (Å²) in [5.41, 5.74) is 2.35. The standard InChI is InChI=1S/C20H31BO5/c1-8-23-17(22)10-9-11-24-18-14(2)12-16(13-15(18)3)21-25-19(4,5)20(6,7)26-21/h12-13H,8-11H2,1-7H3. The molecule has 0 bridgehead atoms. The van der Waals surface area contributed by atoms with Crippen LogP contribution in [0.15, 0.2) is 12.1 Å². The third-order valence-electron chi connectivity index (χ3n) is 5.09. The monoisotopic (exact) mass is 362 g/mol. The zero-order valence-electron chi connectivity index (χ0n) is 17.1. The van der Waals surface area contributed by atoms with Gasteiger partial charge in [0.1, 0.15) is 5.75 Å². The van der Waals surface area contributed by atoms with Crippen LogP contribution >= 0.6 is 0 Å². The molecule has 144 valence electrons. The highest BCUT2D eigenvalue weighted by Crippen LogP contribution is 2.37. The van der Waals surface area contributed by atoms with E-state index in [1.54, 1.807) is 0 Å². The van der Waals surface area contributed by atoms with E-state index >= 15 is 0 Å². The molecular formula is C20H31BO5. The van der Waals surface area contributed by atoms with Crippen molar-refractivity contribution < 1.29 is 23.6 Å². The smallest absolute Gasteiger partial charge is 0.493 e. The second-order valence-electron chi connectivity index (χ2n) is 7.83. The summed E-state index contributed by atoms with van der Waals surface area (Å²) in [5, 5.41) is 0. The van der Waals surface area contributed by atoms with Crippen LogP contribution < -0.4 is 10.2 Å². The van der Waals surface area contributed by atoms with E-state index < -0.39 is 0 Å². The highest BCUT2D eigenvalue weighted by atomic mass is 16.7. The molecule has 1 saturated heterocycles. The summed E-state index contributed by atoms with van der Waals surface area (Å²) in [4.78, 5) is 11.4. The minimum atomic E-state index is -0.379. The number of ether oxygens (including phenoxy) is 2. The first kappa shape index (κ1) is 20.8. The van der Waals surface area contributed by atoms with Crippen molar-refractivity contribution >= 4 is 18.6 Å². The Morgan fingerprint density at radius 1 is 1.08 bits per heavy atom. The summed E-state index contributed by atoms with van der Waals surface area (Å²) in [6.45, 7) is 14.9. The fraction of sp³-hybridized carbons (Fsp3) is 0.650. The molecule has 5 nitrogen and oxygen atoms in total. The Hall–Kier alpha value is -1.53. The van der Waals surface area contributed by atoms with Gasteiger partial charge in [0, 0.05) is 6.42 Å². The van der Waals surface area contributed by atoms with Gasteiger partial charge in [-0.15, -0.1) is 0 Å². The van der Waals surface area contributed by atoms with Crippen LogP contribution in [0.3, 0.4) is 0 Å². The normalized spacial score (nSPS) is 18.0. The van der Waals surface area contributed by atoms with Gasteiger partial charge in [-0.25, -0.2) is 0 Å². The van der Waals surface area contributed by atoms with Gasteiger partial charge in [-0.1, -0.05) is 12.1 Å². The van der Waals surface area contributed by atoms with Gasteiger partial charge in [0.05, 0.1) is 24.4 Å². The number of rotatable bonds is 7. The van der Waals surface area contributed by atoms with E-state index in [1.807, 2.05) is 48.5 Å². The van der Waals surface area contributed by atoms with Crippen molar-refractivity contribution in [2.75, 3.05) is 13.2 Å². The molecule has 0 spiro atoms. The average molecular weight is 362 g/mol. The summed E-state index contributed by atoms with van der Waals surface area (Å²) in [6.07, 6.45) is 1.01. The molecule has 1 aromatic carbocycles. The maximum absolute atomic E-state index is 11.4. The fourth-order valence-corrected chi connectivity index (χ4v) is 2.95. The number of carbonyl (C=O) groups is 1. The van der Waals surface area contributed by atoms with Crippen molar-refractivity contribution in [2.45, 2.75) is 72.5 Å². The predicted molar refractivity (Wildman–Crippen MR) is 103 cm³/mol. The molecule has 0 atom stereocenters. The van der Waals surface area contributed by atoms with Crippen LogP contribution in [0.1, 0.15) is 58.6 Å². The Labute approximate surface area is 157 Å². The molecule has 0 aromatic heterocycles. The third-order valence-corrected chi connectivity index (χ3v) is 5.09. The van der Waals surface area contributed by atoms with Gasteiger partial charge in [0.25, 0.3) is 0 Å². The van der Waals surface area contributed by atoms with Crippen molar-refractivity contribution in [1.29, 1.82) is 0 Å². The summed E-state index contributed by atoms with van der Waals surface area (Å²) >= 11 is 0. The molecule has 0 saturated carbocycles. The quantitative estimate of drug-likeness (QED) is 0.423. The van der Waals surface area contributed by atoms with Gasteiger partial charge in [0.15, 0.2) is 0 Å². The highest BCUT2D eigenvalue weighted by molar-refractivity contribution is 6.62. The second-order valence-corrected chi connectivity index (χ2v) is 7.83. The molecule has 0 N–H and O–H groups in total. The maximum atomic E-state index is 11.4. The minimum Gasteiger partial charge on any atom is -0.493 e. The van der Waals surface area contributed by atoms with E-state index in [0.29, 0.717) is 26.1 Å². The van der Waals surface area contributed by atoms with Crippen molar-refractivity contribution in [3.05, 3.63) is 23.3 Å². The lowest BCUT2D eigenvalue weighted by Gasteiger charge is -2.32. The lowest BCUT2D eigenvalue weighted by molar-refractivity contribution is -0.143. The van der Waals surface area contributed by atoms with Gasteiger partial charge < -0.3 is 18.8 Å². The Bertz CT molecular complexity index is 615. The molecule has 1 aliphatic heterocycles. The lowest BCUT2D eigenvalue weighted by Crippen LogP contribution is -2.41.